The molecule has 0 fully saturated rings. The second-order valence-corrected chi connectivity index (χ2v) is 5.93. The third-order valence-electron chi connectivity index (χ3n) is 4.29. The summed E-state index contributed by atoms with van der Waals surface area (Å²) in [5.41, 5.74) is 7.05. The molecule has 23 heavy (non-hydrogen) atoms. The maximum atomic E-state index is 4.81. The van der Waals surface area contributed by atoms with E-state index in [1.807, 2.05) is 6.07 Å². The zero-order valence-corrected chi connectivity index (χ0v) is 13.3. The minimum atomic E-state index is 1.00. The summed E-state index contributed by atoms with van der Waals surface area (Å²) in [5, 5.41) is 0. The van der Waals surface area contributed by atoms with Crippen molar-refractivity contribution >= 4 is 11.0 Å². The van der Waals surface area contributed by atoms with Gasteiger partial charge in [-0.15, -0.1) is 0 Å². The fourth-order valence-corrected chi connectivity index (χ4v) is 3.01. The zero-order valence-electron chi connectivity index (χ0n) is 13.3. The van der Waals surface area contributed by atoms with E-state index in [1.54, 1.807) is 0 Å². The summed E-state index contributed by atoms with van der Waals surface area (Å²) in [6.45, 7) is 2.10. The monoisotopic (exact) mass is 298 g/mol. The van der Waals surface area contributed by atoms with Gasteiger partial charge in [0.1, 0.15) is 5.82 Å². The Morgan fingerprint density at radius 1 is 0.739 bits per heavy atom. The lowest BCUT2D eigenvalue weighted by Crippen LogP contribution is -1.92. The summed E-state index contributed by atoms with van der Waals surface area (Å²) >= 11 is 0. The summed E-state index contributed by atoms with van der Waals surface area (Å²) in [7, 11) is 2.07. The maximum Gasteiger partial charge on any atom is 0.140 e. The predicted octanol–water partition coefficient (Wildman–Crippen LogP) is 5.22. The number of aromatic nitrogens is 2. The van der Waals surface area contributed by atoms with Crippen LogP contribution in [0.3, 0.4) is 0 Å². The van der Waals surface area contributed by atoms with Crippen molar-refractivity contribution in [3.05, 3.63) is 78.4 Å². The molecule has 112 valence electrons. The molecule has 0 saturated heterocycles. The van der Waals surface area contributed by atoms with Crippen molar-refractivity contribution in [1.29, 1.82) is 0 Å². The number of hydrogen-bond donors (Lipinski definition) is 0. The van der Waals surface area contributed by atoms with E-state index >= 15 is 0 Å². The molecule has 1 heterocycles. The molecule has 0 atom stereocenters. The molecule has 0 aliphatic heterocycles. The molecular formula is C21H18N2. The van der Waals surface area contributed by atoms with Crippen molar-refractivity contribution in [2.75, 3.05) is 0 Å². The van der Waals surface area contributed by atoms with Gasteiger partial charge in [-0.1, -0.05) is 60.7 Å². The van der Waals surface area contributed by atoms with E-state index in [9.17, 15) is 0 Å². The molecule has 1 aromatic heterocycles. The van der Waals surface area contributed by atoms with Crippen molar-refractivity contribution in [2.45, 2.75) is 6.92 Å². The number of nitrogens with zero attached hydrogens (tertiary/aromatic N) is 2. The van der Waals surface area contributed by atoms with Crippen LogP contribution in [-0.2, 0) is 7.05 Å². The van der Waals surface area contributed by atoms with E-state index in [-0.39, 0.29) is 0 Å². The third kappa shape index (κ3) is 2.42. The Bertz CT molecular complexity index is 964. The van der Waals surface area contributed by atoms with Crippen LogP contribution in [0.25, 0.3) is 33.5 Å². The van der Waals surface area contributed by atoms with Gasteiger partial charge in [-0.25, -0.2) is 4.98 Å². The average molecular weight is 298 g/mol. The van der Waals surface area contributed by atoms with Crippen LogP contribution in [0.2, 0.25) is 0 Å². The van der Waals surface area contributed by atoms with Gasteiger partial charge in [0.25, 0.3) is 0 Å². The van der Waals surface area contributed by atoms with Gasteiger partial charge in [0.15, 0.2) is 0 Å². The first-order chi connectivity index (χ1) is 11.2. The summed E-state index contributed by atoms with van der Waals surface area (Å²) in [6, 6.07) is 25.5. The molecule has 0 saturated carbocycles. The Hall–Kier alpha value is -2.87. The molecule has 0 N–H and O–H groups in total. The highest BCUT2D eigenvalue weighted by Gasteiger charge is 2.10. The largest absolute Gasteiger partial charge is 0.327 e. The van der Waals surface area contributed by atoms with Crippen LogP contribution in [0, 0.1) is 6.92 Å². The second-order valence-electron chi connectivity index (χ2n) is 5.93. The zero-order chi connectivity index (χ0) is 15.8. The van der Waals surface area contributed by atoms with Crippen LogP contribution in [0.4, 0.5) is 0 Å². The first-order valence-corrected chi connectivity index (χ1v) is 7.81. The van der Waals surface area contributed by atoms with Gasteiger partial charge in [0.05, 0.1) is 11.0 Å². The molecule has 0 amide bonds. The molecule has 4 aromatic rings. The van der Waals surface area contributed by atoms with Crippen molar-refractivity contribution in [1.82, 2.24) is 9.55 Å². The van der Waals surface area contributed by atoms with Gasteiger partial charge in [0.2, 0.25) is 0 Å². The SMILES string of the molecule is Cc1ccc2c(c1)nc(-c1ccc(-c3ccccc3)cc1)n2C. The van der Waals surface area contributed by atoms with Gasteiger partial charge in [0, 0.05) is 12.6 Å². The Labute approximate surface area is 136 Å². The minimum absolute atomic E-state index is 1.00. The number of fused-ring (bicyclic) bond motifs is 1. The van der Waals surface area contributed by atoms with Crippen molar-refractivity contribution < 1.29 is 0 Å². The van der Waals surface area contributed by atoms with Gasteiger partial charge < -0.3 is 4.57 Å². The highest BCUT2D eigenvalue weighted by atomic mass is 15.1. The fraction of sp³-hybridized carbons (Fsp3) is 0.0952. The Morgan fingerprint density at radius 3 is 2.13 bits per heavy atom. The van der Waals surface area contributed by atoms with Crippen molar-refractivity contribution in [2.24, 2.45) is 7.05 Å². The van der Waals surface area contributed by atoms with Crippen LogP contribution in [0.1, 0.15) is 5.56 Å². The van der Waals surface area contributed by atoms with Crippen LogP contribution in [0.15, 0.2) is 72.8 Å². The van der Waals surface area contributed by atoms with E-state index in [4.69, 9.17) is 4.98 Å². The standard InChI is InChI=1S/C21H18N2/c1-15-8-13-20-19(14-15)22-21(23(20)2)18-11-9-17(10-12-18)16-6-4-3-5-7-16/h3-14H,1-2H3. The fourth-order valence-electron chi connectivity index (χ4n) is 3.01. The van der Waals surface area contributed by atoms with Crippen LogP contribution < -0.4 is 0 Å². The number of benzene rings is 3. The maximum absolute atomic E-state index is 4.81. The Morgan fingerprint density at radius 2 is 1.39 bits per heavy atom. The first-order valence-electron chi connectivity index (χ1n) is 7.81. The molecule has 0 aliphatic rings. The van der Waals surface area contributed by atoms with E-state index in [1.165, 1.54) is 16.7 Å². The summed E-state index contributed by atoms with van der Waals surface area (Å²) < 4.78 is 2.16. The summed E-state index contributed by atoms with van der Waals surface area (Å²) in [5.74, 6) is 1.00. The number of aryl methyl sites for hydroxylation is 2. The smallest absolute Gasteiger partial charge is 0.140 e. The number of rotatable bonds is 2. The molecular weight excluding hydrogens is 280 g/mol. The van der Waals surface area contributed by atoms with Gasteiger partial charge >= 0.3 is 0 Å². The van der Waals surface area contributed by atoms with E-state index in [2.05, 4.69) is 85.3 Å². The lowest BCUT2D eigenvalue weighted by atomic mass is 10.0. The molecule has 0 radical (unpaired) electrons. The predicted molar refractivity (Wildman–Crippen MR) is 96.3 cm³/mol. The lowest BCUT2D eigenvalue weighted by molar-refractivity contribution is 0.959. The summed E-state index contributed by atoms with van der Waals surface area (Å²) in [6.07, 6.45) is 0. The highest BCUT2D eigenvalue weighted by molar-refractivity contribution is 5.81. The van der Waals surface area contributed by atoms with Crippen molar-refractivity contribution in [3.8, 4) is 22.5 Å². The molecule has 0 unspecified atom stereocenters. The Kier molecular flexibility index (Phi) is 3.23. The number of imidazole rings is 1. The quantitative estimate of drug-likeness (QED) is 0.496. The van der Waals surface area contributed by atoms with Crippen molar-refractivity contribution in [3.63, 3.8) is 0 Å². The number of hydrogen-bond acceptors (Lipinski definition) is 1. The molecule has 0 bridgehead atoms. The molecule has 2 heteroatoms. The second kappa shape index (κ2) is 5.40. The molecule has 0 spiro atoms. The van der Waals surface area contributed by atoms with E-state index in [0.29, 0.717) is 0 Å². The normalized spacial score (nSPS) is 11.0. The van der Waals surface area contributed by atoms with E-state index < -0.39 is 0 Å². The van der Waals surface area contributed by atoms with Crippen LogP contribution in [-0.4, -0.2) is 9.55 Å². The minimum Gasteiger partial charge on any atom is -0.327 e. The van der Waals surface area contributed by atoms with Gasteiger partial charge in [-0.3, -0.25) is 0 Å². The third-order valence-corrected chi connectivity index (χ3v) is 4.29. The topological polar surface area (TPSA) is 17.8 Å². The Balaban J connectivity index is 1.78. The first kappa shape index (κ1) is 13.8. The molecule has 4 rings (SSSR count). The molecule has 2 nitrogen and oxygen atoms in total. The van der Waals surface area contributed by atoms with Crippen LogP contribution in [0.5, 0.6) is 0 Å². The highest BCUT2D eigenvalue weighted by Crippen LogP contribution is 2.27. The summed E-state index contributed by atoms with van der Waals surface area (Å²) in [4.78, 5) is 4.81. The van der Waals surface area contributed by atoms with Crippen LogP contribution >= 0.6 is 0 Å². The molecule has 3 aromatic carbocycles. The lowest BCUT2D eigenvalue weighted by Gasteiger charge is -2.05. The van der Waals surface area contributed by atoms with Gasteiger partial charge in [-0.2, -0.15) is 0 Å². The average Bonchev–Trinajstić information content (AvgIpc) is 2.92. The van der Waals surface area contributed by atoms with Gasteiger partial charge in [-0.05, 0) is 35.7 Å². The molecule has 0 aliphatic carbocycles. The van der Waals surface area contributed by atoms with E-state index in [0.717, 1.165) is 22.4 Å².